The number of hydrogen-bond donors (Lipinski definition) is 1. The molecule has 0 aliphatic heterocycles. The van der Waals surface area contributed by atoms with Gasteiger partial charge in [0.2, 0.25) is 0 Å². The Bertz CT molecular complexity index is 531. The molecule has 0 bridgehead atoms. The molecule has 0 saturated carbocycles. The van der Waals surface area contributed by atoms with Crippen molar-refractivity contribution in [1.82, 2.24) is 0 Å². The first-order valence-electron chi connectivity index (χ1n) is 4.99. The molecule has 0 atom stereocenters. The van der Waals surface area contributed by atoms with E-state index in [1.54, 1.807) is 6.07 Å². The maximum atomic E-state index is 11.9. The van der Waals surface area contributed by atoms with Crippen molar-refractivity contribution in [3.05, 3.63) is 44.6 Å². The van der Waals surface area contributed by atoms with Crippen molar-refractivity contribution in [3.63, 3.8) is 0 Å². The second-order valence-corrected chi connectivity index (χ2v) is 5.76. The van der Waals surface area contributed by atoms with Gasteiger partial charge in [0.1, 0.15) is 7.85 Å². The summed E-state index contributed by atoms with van der Waals surface area (Å²) in [5, 5.41) is 2.82. The van der Waals surface area contributed by atoms with E-state index >= 15 is 0 Å². The smallest absolute Gasteiger partial charge is 0.265 e. The predicted molar refractivity (Wildman–Crippen MR) is 76.5 cm³/mol. The number of carbonyl (C=O) groups is 1. The molecular weight excluding hydrogens is 297 g/mol. The first-order valence-corrected chi connectivity index (χ1v) is 6.60. The number of nitrogens with one attached hydrogen (secondary N) is 1. The van der Waals surface area contributed by atoms with Crippen molar-refractivity contribution < 1.29 is 4.79 Å². The summed E-state index contributed by atoms with van der Waals surface area (Å²) in [4.78, 5) is 13.5. The molecule has 0 aliphatic rings. The predicted octanol–water partition coefficient (Wildman–Crippen LogP) is 2.87. The average Bonchev–Trinajstić information content (AvgIpc) is 2.63. The molecule has 0 fully saturated rings. The van der Waals surface area contributed by atoms with Crippen LogP contribution in [-0.4, -0.2) is 13.8 Å². The highest BCUT2D eigenvalue weighted by molar-refractivity contribution is 9.10. The van der Waals surface area contributed by atoms with Gasteiger partial charge in [0.25, 0.3) is 5.91 Å². The third-order valence-corrected chi connectivity index (χ3v) is 3.88. The van der Waals surface area contributed by atoms with E-state index < -0.39 is 0 Å². The Hall–Kier alpha value is -1.07. The molecule has 2 radical (unpaired) electrons. The molecule has 1 amide bonds. The van der Waals surface area contributed by atoms with Gasteiger partial charge in [0.15, 0.2) is 0 Å². The van der Waals surface area contributed by atoms with Gasteiger partial charge in [0, 0.05) is 10.2 Å². The minimum atomic E-state index is -0.128. The Morgan fingerprint density at radius 2 is 2.00 bits per heavy atom. The number of hydrogen-bond acceptors (Lipinski definition) is 2. The maximum Gasteiger partial charge on any atom is 0.265 e. The van der Waals surface area contributed by atoms with Crippen molar-refractivity contribution in [2.45, 2.75) is 6.92 Å². The van der Waals surface area contributed by atoms with Gasteiger partial charge in [-0.3, -0.25) is 4.79 Å². The molecule has 5 heteroatoms. The number of benzene rings is 1. The summed E-state index contributed by atoms with van der Waals surface area (Å²) in [6, 6.07) is 9.14. The van der Waals surface area contributed by atoms with E-state index in [2.05, 4.69) is 21.2 Å². The molecule has 17 heavy (non-hydrogen) atoms. The number of halogens is 1. The van der Waals surface area contributed by atoms with Crippen LogP contribution in [0.5, 0.6) is 0 Å². The lowest BCUT2D eigenvalue weighted by Crippen LogP contribution is -2.10. The van der Waals surface area contributed by atoms with Gasteiger partial charge in [-0.1, -0.05) is 21.4 Å². The summed E-state index contributed by atoms with van der Waals surface area (Å²) in [6.07, 6.45) is 0. The van der Waals surface area contributed by atoms with Crippen LogP contribution in [-0.2, 0) is 0 Å². The van der Waals surface area contributed by atoms with Gasteiger partial charge in [-0.2, -0.15) is 0 Å². The normalized spacial score (nSPS) is 10.2. The van der Waals surface area contributed by atoms with Gasteiger partial charge in [-0.25, -0.2) is 0 Å². The van der Waals surface area contributed by atoms with Gasteiger partial charge >= 0.3 is 0 Å². The molecule has 0 spiro atoms. The van der Waals surface area contributed by atoms with Gasteiger partial charge in [-0.15, -0.1) is 11.3 Å². The van der Waals surface area contributed by atoms with E-state index in [-0.39, 0.29) is 5.91 Å². The number of thiophene rings is 1. The third-order valence-electron chi connectivity index (χ3n) is 2.28. The minimum Gasteiger partial charge on any atom is -0.321 e. The van der Waals surface area contributed by atoms with E-state index in [0.29, 0.717) is 10.3 Å². The minimum absolute atomic E-state index is 0.128. The lowest BCUT2D eigenvalue weighted by atomic mass is 9.97. The zero-order valence-electron chi connectivity index (χ0n) is 9.16. The standard InChI is InChI=1S/C12H9BBrNOS/c1-7-10(13)6-11(17-7)12(16)15-9-4-2-8(14)3-5-9/h2-6H,1H3,(H,15,16). The molecule has 2 rings (SSSR count). The molecule has 0 unspecified atom stereocenters. The van der Waals surface area contributed by atoms with Crippen LogP contribution < -0.4 is 10.8 Å². The van der Waals surface area contributed by atoms with Crippen LogP contribution in [0.2, 0.25) is 0 Å². The Labute approximate surface area is 114 Å². The molecule has 2 aromatic rings. The quantitative estimate of drug-likeness (QED) is 0.849. The fraction of sp³-hybridized carbons (Fsp3) is 0.0833. The molecule has 0 aliphatic carbocycles. The van der Waals surface area contributed by atoms with Crippen molar-refractivity contribution >= 4 is 52.2 Å². The maximum absolute atomic E-state index is 11.9. The van der Waals surface area contributed by atoms with Crippen LogP contribution in [0.4, 0.5) is 5.69 Å². The fourth-order valence-corrected chi connectivity index (χ4v) is 2.43. The molecule has 1 heterocycles. The van der Waals surface area contributed by atoms with E-state index in [1.165, 1.54) is 11.3 Å². The van der Waals surface area contributed by atoms with Crippen molar-refractivity contribution in [2.75, 3.05) is 5.32 Å². The number of amides is 1. The average molecular weight is 306 g/mol. The van der Waals surface area contributed by atoms with Crippen LogP contribution in [0.25, 0.3) is 0 Å². The van der Waals surface area contributed by atoms with Gasteiger partial charge in [-0.05, 0) is 42.1 Å². The van der Waals surface area contributed by atoms with E-state index in [1.807, 2.05) is 31.2 Å². The number of anilines is 1. The van der Waals surface area contributed by atoms with Crippen molar-refractivity contribution in [1.29, 1.82) is 0 Å². The van der Waals surface area contributed by atoms with E-state index in [9.17, 15) is 4.79 Å². The van der Waals surface area contributed by atoms with Crippen molar-refractivity contribution in [3.8, 4) is 0 Å². The highest BCUT2D eigenvalue weighted by atomic mass is 79.9. The van der Waals surface area contributed by atoms with Crippen molar-refractivity contribution in [2.24, 2.45) is 0 Å². The lowest BCUT2D eigenvalue weighted by Gasteiger charge is -2.03. The summed E-state index contributed by atoms with van der Waals surface area (Å²) in [7, 11) is 5.72. The zero-order chi connectivity index (χ0) is 12.4. The number of rotatable bonds is 2. The summed E-state index contributed by atoms with van der Waals surface area (Å²) >= 11 is 4.74. The first kappa shape index (κ1) is 12.4. The molecule has 2 nitrogen and oxygen atoms in total. The lowest BCUT2D eigenvalue weighted by molar-refractivity contribution is 0.103. The molecule has 0 saturated heterocycles. The molecular formula is C12H9BBrNOS. The van der Waals surface area contributed by atoms with Crippen LogP contribution >= 0.6 is 27.3 Å². The van der Waals surface area contributed by atoms with Crippen LogP contribution in [0.1, 0.15) is 14.5 Å². The second-order valence-electron chi connectivity index (χ2n) is 3.58. The monoisotopic (exact) mass is 305 g/mol. The molecule has 1 N–H and O–H groups in total. The SMILES string of the molecule is [B]c1cc(C(=O)Nc2ccc(Br)cc2)sc1C. The zero-order valence-corrected chi connectivity index (χ0v) is 11.6. The summed E-state index contributed by atoms with van der Waals surface area (Å²) in [5.41, 5.74) is 1.43. The largest absolute Gasteiger partial charge is 0.321 e. The fourth-order valence-electron chi connectivity index (χ4n) is 1.33. The summed E-state index contributed by atoms with van der Waals surface area (Å²) in [6.45, 7) is 1.90. The number of carbonyl (C=O) groups excluding carboxylic acids is 1. The van der Waals surface area contributed by atoms with Crippen LogP contribution in [0.15, 0.2) is 34.8 Å². The topological polar surface area (TPSA) is 29.1 Å². The van der Waals surface area contributed by atoms with E-state index in [4.69, 9.17) is 7.85 Å². The second kappa shape index (κ2) is 5.06. The first-order chi connectivity index (χ1) is 8.06. The highest BCUT2D eigenvalue weighted by Crippen LogP contribution is 2.17. The Morgan fingerprint density at radius 3 is 2.53 bits per heavy atom. The molecule has 84 valence electrons. The Morgan fingerprint density at radius 1 is 1.35 bits per heavy atom. The number of aryl methyl sites for hydroxylation is 1. The van der Waals surface area contributed by atoms with E-state index in [0.717, 1.165) is 15.0 Å². The third kappa shape index (κ3) is 2.98. The Balaban J connectivity index is 2.14. The molecule has 1 aromatic carbocycles. The highest BCUT2D eigenvalue weighted by Gasteiger charge is 2.10. The van der Waals surface area contributed by atoms with Gasteiger partial charge < -0.3 is 5.32 Å². The summed E-state index contributed by atoms with van der Waals surface area (Å²) in [5.74, 6) is -0.128. The van der Waals surface area contributed by atoms with Crippen LogP contribution in [0, 0.1) is 6.92 Å². The molecule has 1 aromatic heterocycles. The van der Waals surface area contributed by atoms with Gasteiger partial charge in [0.05, 0.1) is 4.88 Å². The summed E-state index contributed by atoms with van der Waals surface area (Å²) < 4.78 is 0.978. The Kier molecular flexibility index (Phi) is 3.69. The van der Waals surface area contributed by atoms with Crippen LogP contribution in [0.3, 0.4) is 0 Å².